The Balaban J connectivity index is 2.09. The van der Waals surface area contributed by atoms with Crippen LogP contribution < -0.4 is 5.43 Å². The van der Waals surface area contributed by atoms with Gasteiger partial charge in [0.1, 0.15) is 11.3 Å². The predicted octanol–water partition coefficient (Wildman–Crippen LogP) is 4.49. The van der Waals surface area contributed by atoms with Crippen molar-refractivity contribution in [1.29, 1.82) is 0 Å². The molecule has 94 valence electrons. The molecule has 18 heavy (non-hydrogen) atoms. The predicted molar refractivity (Wildman–Crippen MR) is 73.3 cm³/mol. The molecule has 3 rings (SSSR count). The maximum Gasteiger partial charge on any atom is 0.193 e. The number of fused-ring (bicyclic) bond motifs is 1. The second-order valence-corrected chi connectivity index (χ2v) is 5.42. The van der Waals surface area contributed by atoms with Gasteiger partial charge in [-0.15, -0.1) is 0 Å². The molecule has 0 radical (unpaired) electrons. The first kappa shape index (κ1) is 11.8. The van der Waals surface area contributed by atoms with Gasteiger partial charge in [-0.25, -0.2) is 0 Å². The summed E-state index contributed by atoms with van der Waals surface area (Å²) in [5.74, 6) is 1.25. The van der Waals surface area contributed by atoms with Gasteiger partial charge >= 0.3 is 0 Å². The molecule has 1 aliphatic rings. The van der Waals surface area contributed by atoms with Crippen molar-refractivity contribution in [2.75, 3.05) is 0 Å². The molecule has 0 atom stereocenters. The molecule has 0 spiro atoms. The molecule has 1 aromatic heterocycles. The summed E-state index contributed by atoms with van der Waals surface area (Å²) in [4.78, 5) is 12.1. The molecule has 0 aliphatic heterocycles. The summed E-state index contributed by atoms with van der Waals surface area (Å²) in [6, 6.07) is 6.87. The maximum atomic E-state index is 12.1. The number of halogens is 1. The van der Waals surface area contributed by atoms with Gasteiger partial charge in [0.15, 0.2) is 5.43 Å². The third kappa shape index (κ3) is 2.17. The molecule has 1 aromatic carbocycles. The molecular formula is C15H15ClO2. The lowest BCUT2D eigenvalue weighted by atomic mass is 9.87. The molecule has 0 unspecified atom stereocenters. The van der Waals surface area contributed by atoms with E-state index in [9.17, 15) is 4.79 Å². The van der Waals surface area contributed by atoms with Gasteiger partial charge in [0.25, 0.3) is 0 Å². The van der Waals surface area contributed by atoms with Crippen molar-refractivity contribution in [3.8, 4) is 0 Å². The molecule has 3 heteroatoms. The molecule has 1 fully saturated rings. The van der Waals surface area contributed by atoms with Crippen molar-refractivity contribution in [2.24, 2.45) is 0 Å². The van der Waals surface area contributed by atoms with Gasteiger partial charge in [-0.3, -0.25) is 4.79 Å². The summed E-state index contributed by atoms with van der Waals surface area (Å²) in [7, 11) is 0. The summed E-state index contributed by atoms with van der Waals surface area (Å²) >= 11 is 5.90. The molecule has 1 saturated carbocycles. The first-order valence-electron chi connectivity index (χ1n) is 6.47. The fourth-order valence-electron chi connectivity index (χ4n) is 2.74. The van der Waals surface area contributed by atoms with Crippen LogP contribution in [0.1, 0.15) is 43.8 Å². The van der Waals surface area contributed by atoms with Crippen LogP contribution in [0.4, 0.5) is 0 Å². The monoisotopic (exact) mass is 262 g/mol. The lowest BCUT2D eigenvalue weighted by Gasteiger charge is -2.20. The van der Waals surface area contributed by atoms with Crippen LogP contribution >= 0.6 is 11.6 Å². The molecule has 0 saturated heterocycles. The van der Waals surface area contributed by atoms with Crippen molar-refractivity contribution in [2.45, 2.75) is 38.0 Å². The Kier molecular flexibility index (Phi) is 3.13. The van der Waals surface area contributed by atoms with Crippen LogP contribution in [-0.2, 0) is 0 Å². The highest BCUT2D eigenvalue weighted by molar-refractivity contribution is 6.31. The average Bonchev–Trinajstić information content (AvgIpc) is 2.40. The number of hydrogen-bond acceptors (Lipinski definition) is 2. The van der Waals surface area contributed by atoms with Gasteiger partial charge in [0.05, 0.1) is 5.39 Å². The highest BCUT2D eigenvalue weighted by Gasteiger charge is 2.19. The summed E-state index contributed by atoms with van der Waals surface area (Å²) in [5.41, 5.74) is 0.659. The minimum atomic E-state index is 0.0133. The zero-order valence-corrected chi connectivity index (χ0v) is 10.9. The lowest BCUT2D eigenvalue weighted by molar-refractivity contribution is 0.380. The third-order valence-electron chi connectivity index (χ3n) is 3.72. The Labute approximate surface area is 111 Å². The second kappa shape index (κ2) is 4.77. The Morgan fingerprint density at radius 1 is 1.11 bits per heavy atom. The summed E-state index contributed by atoms with van der Waals surface area (Å²) in [5, 5.41) is 1.14. The first-order valence-corrected chi connectivity index (χ1v) is 6.85. The summed E-state index contributed by atoms with van der Waals surface area (Å²) < 4.78 is 5.88. The van der Waals surface area contributed by atoms with Crippen molar-refractivity contribution in [3.63, 3.8) is 0 Å². The van der Waals surface area contributed by atoms with Crippen LogP contribution in [0.2, 0.25) is 5.02 Å². The largest absolute Gasteiger partial charge is 0.461 e. The van der Waals surface area contributed by atoms with Gasteiger partial charge in [-0.1, -0.05) is 30.9 Å². The Bertz CT molecular complexity index is 624. The van der Waals surface area contributed by atoms with E-state index in [-0.39, 0.29) is 5.43 Å². The minimum Gasteiger partial charge on any atom is -0.461 e. The zero-order valence-electron chi connectivity index (χ0n) is 10.1. The third-order valence-corrected chi connectivity index (χ3v) is 3.95. The fourth-order valence-corrected chi connectivity index (χ4v) is 2.91. The van der Waals surface area contributed by atoms with E-state index in [4.69, 9.17) is 16.0 Å². The van der Waals surface area contributed by atoms with Crippen molar-refractivity contribution in [1.82, 2.24) is 0 Å². The molecule has 2 nitrogen and oxygen atoms in total. The van der Waals surface area contributed by atoms with E-state index in [1.165, 1.54) is 19.3 Å². The van der Waals surface area contributed by atoms with E-state index in [0.717, 1.165) is 18.6 Å². The first-order chi connectivity index (χ1) is 8.74. The molecule has 2 aromatic rings. The SMILES string of the molecule is O=c1cc(C2CCCCC2)oc2ccc(Cl)cc12. The number of rotatable bonds is 1. The van der Waals surface area contributed by atoms with Crippen LogP contribution in [0.25, 0.3) is 11.0 Å². The molecule has 0 N–H and O–H groups in total. The second-order valence-electron chi connectivity index (χ2n) is 4.99. The van der Waals surface area contributed by atoms with Crippen LogP contribution in [0.3, 0.4) is 0 Å². The standard InChI is InChI=1S/C15H15ClO2/c16-11-6-7-14-12(8-11)13(17)9-15(18-14)10-4-2-1-3-5-10/h6-10H,1-5H2. The van der Waals surface area contributed by atoms with Gasteiger partial charge in [-0.05, 0) is 31.0 Å². The van der Waals surface area contributed by atoms with Gasteiger partial charge in [-0.2, -0.15) is 0 Å². The molecule has 1 aliphatic carbocycles. The van der Waals surface area contributed by atoms with Gasteiger partial charge in [0, 0.05) is 17.0 Å². The van der Waals surface area contributed by atoms with E-state index in [1.54, 1.807) is 24.3 Å². The summed E-state index contributed by atoms with van der Waals surface area (Å²) in [6.07, 6.45) is 6.01. The highest BCUT2D eigenvalue weighted by Crippen LogP contribution is 2.33. The van der Waals surface area contributed by atoms with E-state index in [0.29, 0.717) is 21.9 Å². The van der Waals surface area contributed by atoms with E-state index in [2.05, 4.69) is 0 Å². The fraction of sp³-hybridized carbons (Fsp3) is 0.400. The van der Waals surface area contributed by atoms with E-state index >= 15 is 0 Å². The van der Waals surface area contributed by atoms with E-state index < -0.39 is 0 Å². The maximum absolute atomic E-state index is 12.1. The van der Waals surface area contributed by atoms with Crippen LogP contribution in [0, 0.1) is 0 Å². The quantitative estimate of drug-likeness (QED) is 0.758. The Morgan fingerprint density at radius 2 is 1.89 bits per heavy atom. The molecule has 0 amide bonds. The van der Waals surface area contributed by atoms with Gasteiger partial charge < -0.3 is 4.42 Å². The zero-order chi connectivity index (χ0) is 12.5. The van der Waals surface area contributed by atoms with Gasteiger partial charge in [0.2, 0.25) is 0 Å². The highest BCUT2D eigenvalue weighted by atomic mass is 35.5. The van der Waals surface area contributed by atoms with Crippen molar-refractivity contribution in [3.05, 3.63) is 45.3 Å². The number of benzene rings is 1. The average molecular weight is 263 g/mol. The van der Waals surface area contributed by atoms with Crippen molar-refractivity contribution >= 4 is 22.6 Å². The smallest absolute Gasteiger partial charge is 0.193 e. The summed E-state index contributed by atoms with van der Waals surface area (Å²) in [6.45, 7) is 0. The number of hydrogen-bond donors (Lipinski definition) is 0. The Morgan fingerprint density at radius 3 is 2.67 bits per heavy atom. The van der Waals surface area contributed by atoms with Crippen LogP contribution in [0.5, 0.6) is 0 Å². The minimum absolute atomic E-state index is 0.0133. The topological polar surface area (TPSA) is 30.2 Å². The molecular weight excluding hydrogens is 248 g/mol. The molecule has 1 heterocycles. The van der Waals surface area contributed by atoms with Crippen molar-refractivity contribution < 1.29 is 4.42 Å². The normalized spacial score (nSPS) is 17.2. The van der Waals surface area contributed by atoms with Crippen LogP contribution in [0.15, 0.2) is 33.5 Å². The lowest BCUT2D eigenvalue weighted by Crippen LogP contribution is -2.09. The van der Waals surface area contributed by atoms with Crippen LogP contribution in [-0.4, -0.2) is 0 Å². The Hall–Kier alpha value is -1.28. The van der Waals surface area contributed by atoms with E-state index in [1.807, 2.05) is 0 Å². The molecule has 0 bridgehead atoms.